The molecule has 0 heterocycles. The van der Waals surface area contributed by atoms with Gasteiger partial charge in [-0.15, -0.1) is 24.0 Å². The highest BCUT2D eigenvalue weighted by Crippen LogP contribution is 2.29. The van der Waals surface area contributed by atoms with Gasteiger partial charge in [-0.3, -0.25) is 4.99 Å². The first-order valence-corrected chi connectivity index (χ1v) is 8.42. The van der Waals surface area contributed by atoms with E-state index >= 15 is 0 Å². The Kier molecular flexibility index (Phi) is 9.57. The first-order valence-electron chi connectivity index (χ1n) is 7.63. The van der Waals surface area contributed by atoms with E-state index in [2.05, 4.69) is 31.6 Å². The predicted octanol–water partition coefficient (Wildman–Crippen LogP) is 4.28. The van der Waals surface area contributed by atoms with Crippen LogP contribution >= 0.6 is 39.9 Å². The summed E-state index contributed by atoms with van der Waals surface area (Å²) in [6.45, 7) is 0.565. The Hall–Kier alpha value is -1.68. The first-order chi connectivity index (χ1) is 12.1. The molecule has 0 fully saturated rings. The zero-order valence-corrected chi connectivity index (χ0v) is 19.0. The van der Waals surface area contributed by atoms with E-state index in [0.29, 0.717) is 24.0 Å². The van der Waals surface area contributed by atoms with Crippen LogP contribution in [0.15, 0.2) is 45.9 Å². The third-order valence-electron chi connectivity index (χ3n) is 3.56. The molecule has 0 saturated heterocycles. The molecule has 0 aliphatic carbocycles. The maximum atomic E-state index is 5.39. The minimum Gasteiger partial charge on any atom is -0.496 e. The third-order valence-corrected chi connectivity index (χ3v) is 4.05. The Balaban J connectivity index is 0.00000338. The highest BCUT2D eigenvalue weighted by molar-refractivity contribution is 14.0. The van der Waals surface area contributed by atoms with Crippen LogP contribution in [0.5, 0.6) is 17.2 Å². The predicted molar refractivity (Wildman–Crippen MR) is 119 cm³/mol. The fourth-order valence-corrected chi connectivity index (χ4v) is 2.70. The van der Waals surface area contributed by atoms with E-state index in [1.165, 1.54) is 0 Å². The quantitative estimate of drug-likeness (QED) is 0.328. The van der Waals surface area contributed by atoms with Crippen LogP contribution < -0.4 is 24.8 Å². The molecular formula is C18H23BrIN3O3. The number of rotatable bonds is 6. The largest absolute Gasteiger partial charge is 0.496 e. The maximum Gasteiger partial charge on any atom is 0.195 e. The lowest BCUT2D eigenvalue weighted by Gasteiger charge is -2.15. The second kappa shape index (κ2) is 11.1. The van der Waals surface area contributed by atoms with Gasteiger partial charge in [-0.05, 0) is 30.3 Å². The molecule has 0 amide bonds. The summed E-state index contributed by atoms with van der Waals surface area (Å²) >= 11 is 3.48. The smallest absolute Gasteiger partial charge is 0.195 e. The van der Waals surface area contributed by atoms with Crippen molar-refractivity contribution in [2.45, 2.75) is 6.54 Å². The molecule has 2 aromatic rings. The van der Waals surface area contributed by atoms with E-state index in [1.54, 1.807) is 28.4 Å². The molecule has 142 valence electrons. The monoisotopic (exact) mass is 535 g/mol. The van der Waals surface area contributed by atoms with Gasteiger partial charge in [-0.1, -0.05) is 15.9 Å². The molecular weight excluding hydrogens is 513 g/mol. The Morgan fingerprint density at radius 1 is 0.962 bits per heavy atom. The zero-order chi connectivity index (χ0) is 18.2. The second-order valence-electron chi connectivity index (χ2n) is 5.08. The van der Waals surface area contributed by atoms with Gasteiger partial charge >= 0.3 is 0 Å². The molecule has 0 aromatic heterocycles. The average molecular weight is 536 g/mol. The topological polar surface area (TPSA) is 64.1 Å². The Morgan fingerprint density at radius 3 is 2.23 bits per heavy atom. The van der Waals surface area contributed by atoms with Crippen LogP contribution in [0.2, 0.25) is 0 Å². The highest BCUT2D eigenvalue weighted by atomic mass is 127. The number of halogens is 2. The molecule has 0 spiro atoms. The normalized spacial score (nSPS) is 10.6. The number of guanidine groups is 1. The number of anilines is 1. The lowest BCUT2D eigenvalue weighted by molar-refractivity contribution is 0.355. The number of nitrogens with zero attached hydrogens (tertiary/aromatic N) is 1. The van der Waals surface area contributed by atoms with E-state index in [-0.39, 0.29) is 24.0 Å². The van der Waals surface area contributed by atoms with Crippen LogP contribution in [0.1, 0.15) is 5.56 Å². The molecule has 0 bridgehead atoms. The van der Waals surface area contributed by atoms with Crippen molar-refractivity contribution in [1.29, 1.82) is 0 Å². The van der Waals surface area contributed by atoms with Gasteiger partial charge in [0.05, 0.1) is 21.3 Å². The summed E-state index contributed by atoms with van der Waals surface area (Å²) in [7, 11) is 6.59. The number of nitrogens with one attached hydrogen (secondary N) is 2. The van der Waals surface area contributed by atoms with Gasteiger partial charge in [0.15, 0.2) is 17.5 Å². The molecule has 0 radical (unpaired) electrons. The van der Waals surface area contributed by atoms with Gasteiger partial charge in [0, 0.05) is 35.4 Å². The van der Waals surface area contributed by atoms with Crippen molar-refractivity contribution >= 4 is 51.6 Å². The lowest BCUT2D eigenvalue weighted by Crippen LogP contribution is -2.30. The van der Waals surface area contributed by atoms with Crippen LogP contribution in [-0.4, -0.2) is 34.3 Å². The lowest BCUT2D eigenvalue weighted by atomic mass is 10.2. The summed E-state index contributed by atoms with van der Waals surface area (Å²) in [5.74, 6) is 2.78. The summed E-state index contributed by atoms with van der Waals surface area (Å²) in [5, 5.41) is 6.50. The standard InChI is InChI=1S/C18H22BrN3O3.HI/c1-20-18(21-11-12-9-13(19)5-7-15(12)23-2)22-14-6-8-16(24-3)17(10-14)25-4;/h5-10H,11H2,1-4H3,(H2,20,21,22);1H. The molecule has 2 aromatic carbocycles. The Morgan fingerprint density at radius 2 is 1.62 bits per heavy atom. The molecule has 2 N–H and O–H groups in total. The average Bonchev–Trinajstić information content (AvgIpc) is 2.64. The summed E-state index contributed by atoms with van der Waals surface area (Å²) in [5.41, 5.74) is 1.86. The van der Waals surface area contributed by atoms with Crippen molar-refractivity contribution in [2.75, 3.05) is 33.7 Å². The van der Waals surface area contributed by atoms with E-state index in [0.717, 1.165) is 21.5 Å². The van der Waals surface area contributed by atoms with Gasteiger partial charge in [-0.25, -0.2) is 0 Å². The number of hydrogen-bond acceptors (Lipinski definition) is 4. The van der Waals surface area contributed by atoms with Crippen molar-refractivity contribution in [3.63, 3.8) is 0 Å². The molecule has 0 atom stereocenters. The van der Waals surface area contributed by atoms with Crippen molar-refractivity contribution in [3.05, 3.63) is 46.4 Å². The Labute approximate surface area is 179 Å². The fraction of sp³-hybridized carbons (Fsp3) is 0.278. The molecule has 0 aliphatic rings. The van der Waals surface area contributed by atoms with Gasteiger partial charge in [0.2, 0.25) is 0 Å². The van der Waals surface area contributed by atoms with Crippen molar-refractivity contribution in [1.82, 2.24) is 5.32 Å². The number of benzene rings is 2. The van der Waals surface area contributed by atoms with Crippen LogP contribution in [0.4, 0.5) is 5.69 Å². The molecule has 0 unspecified atom stereocenters. The highest BCUT2D eigenvalue weighted by Gasteiger charge is 2.08. The van der Waals surface area contributed by atoms with Gasteiger partial charge in [0.25, 0.3) is 0 Å². The van der Waals surface area contributed by atoms with Gasteiger partial charge in [0.1, 0.15) is 5.75 Å². The molecule has 2 rings (SSSR count). The molecule has 0 aliphatic heterocycles. The minimum absolute atomic E-state index is 0. The Bertz CT molecular complexity index is 756. The second-order valence-corrected chi connectivity index (χ2v) is 5.99. The van der Waals surface area contributed by atoms with Crippen molar-refractivity contribution < 1.29 is 14.2 Å². The fourth-order valence-electron chi connectivity index (χ4n) is 2.29. The number of hydrogen-bond donors (Lipinski definition) is 2. The molecule has 0 saturated carbocycles. The van der Waals surface area contributed by atoms with Crippen LogP contribution in [0.3, 0.4) is 0 Å². The number of aliphatic imine (C=N–C) groups is 1. The zero-order valence-electron chi connectivity index (χ0n) is 15.1. The van der Waals surface area contributed by atoms with E-state index in [4.69, 9.17) is 14.2 Å². The van der Waals surface area contributed by atoms with E-state index in [1.807, 2.05) is 36.4 Å². The van der Waals surface area contributed by atoms with Crippen LogP contribution in [-0.2, 0) is 6.54 Å². The third kappa shape index (κ3) is 5.94. The minimum atomic E-state index is 0. The van der Waals surface area contributed by atoms with E-state index in [9.17, 15) is 0 Å². The number of methoxy groups -OCH3 is 3. The van der Waals surface area contributed by atoms with E-state index < -0.39 is 0 Å². The molecule has 26 heavy (non-hydrogen) atoms. The van der Waals surface area contributed by atoms with Crippen LogP contribution in [0.25, 0.3) is 0 Å². The summed E-state index contributed by atoms with van der Waals surface area (Å²) < 4.78 is 16.9. The summed E-state index contributed by atoms with van der Waals surface area (Å²) in [4.78, 5) is 4.24. The number of ether oxygens (including phenoxy) is 3. The van der Waals surface area contributed by atoms with Gasteiger partial charge in [-0.2, -0.15) is 0 Å². The van der Waals surface area contributed by atoms with Crippen LogP contribution in [0, 0.1) is 0 Å². The van der Waals surface area contributed by atoms with Crippen molar-refractivity contribution in [3.8, 4) is 17.2 Å². The maximum absolute atomic E-state index is 5.39. The summed E-state index contributed by atoms with van der Waals surface area (Å²) in [6.07, 6.45) is 0. The molecule has 8 heteroatoms. The SMILES string of the molecule is CN=C(NCc1cc(Br)ccc1OC)Nc1ccc(OC)c(OC)c1.I. The first kappa shape index (κ1) is 22.4. The molecule has 6 nitrogen and oxygen atoms in total. The van der Waals surface area contributed by atoms with Gasteiger partial charge < -0.3 is 24.8 Å². The van der Waals surface area contributed by atoms with Crippen molar-refractivity contribution in [2.24, 2.45) is 4.99 Å². The summed E-state index contributed by atoms with van der Waals surface area (Å²) in [6, 6.07) is 11.5.